The molecule has 1 aromatic carbocycles. The van der Waals surface area contributed by atoms with Crippen molar-refractivity contribution in [3.05, 3.63) is 34.8 Å². The standard InChI is InChI=1S/C19H22F3N5O3S/c1-26-5-7-27(8-6-26)18(29)25-17-23-13(11-31-17)10-16(28)24-14-9-12(19(20,21)22)3-4-15(14)30-2/h3-4,9,11H,5-8,10H2,1-2H3,(H,24,28)(H,23,25,29). The maximum absolute atomic E-state index is 12.9. The lowest BCUT2D eigenvalue weighted by Crippen LogP contribution is -2.48. The van der Waals surface area contributed by atoms with E-state index in [1.807, 2.05) is 7.05 Å². The third-order valence-corrected chi connectivity index (χ3v) is 5.51. The molecule has 2 heterocycles. The van der Waals surface area contributed by atoms with Gasteiger partial charge >= 0.3 is 12.2 Å². The Bertz CT molecular complexity index is 942. The van der Waals surface area contributed by atoms with Crippen molar-refractivity contribution in [3.8, 4) is 5.75 Å². The fourth-order valence-corrected chi connectivity index (χ4v) is 3.67. The summed E-state index contributed by atoms with van der Waals surface area (Å²) >= 11 is 1.17. The number of urea groups is 1. The first-order chi connectivity index (χ1) is 14.7. The van der Waals surface area contributed by atoms with Crippen LogP contribution in [0.1, 0.15) is 11.3 Å². The first-order valence-electron chi connectivity index (χ1n) is 9.39. The minimum absolute atomic E-state index is 0.0823. The second-order valence-electron chi connectivity index (χ2n) is 7.00. The lowest BCUT2D eigenvalue weighted by molar-refractivity contribution is -0.137. The third kappa shape index (κ3) is 6.07. The van der Waals surface area contributed by atoms with Crippen LogP contribution in [0.3, 0.4) is 0 Å². The molecule has 12 heteroatoms. The Morgan fingerprint density at radius 3 is 2.55 bits per heavy atom. The molecular weight excluding hydrogens is 435 g/mol. The van der Waals surface area contributed by atoms with E-state index >= 15 is 0 Å². The highest BCUT2D eigenvalue weighted by molar-refractivity contribution is 7.13. The zero-order valence-corrected chi connectivity index (χ0v) is 17.8. The van der Waals surface area contributed by atoms with Crippen LogP contribution in [-0.4, -0.2) is 67.1 Å². The molecule has 1 aliphatic heterocycles. The molecule has 2 aromatic rings. The molecule has 0 unspecified atom stereocenters. The molecule has 0 spiro atoms. The van der Waals surface area contributed by atoms with Crippen LogP contribution in [0.4, 0.5) is 28.8 Å². The number of carbonyl (C=O) groups excluding carboxylic acids is 2. The van der Waals surface area contributed by atoms with Crippen molar-refractivity contribution in [2.24, 2.45) is 0 Å². The summed E-state index contributed by atoms with van der Waals surface area (Å²) in [6, 6.07) is 2.59. The Balaban J connectivity index is 1.59. The lowest BCUT2D eigenvalue weighted by atomic mass is 10.1. The second-order valence-corrected chi connectivity index (χ2v) is 7.86. The number of hydrogen-bond acceptors (Lipinski definition) is 6. The quantitative estimate of drug-likeness (QED) is 0.721. The maximum Gasteiger partial charge on any atom is 0.416 e. The van der Waals surface area contributed by atoms with E-state index in [9.17, 15) is 22.8 Å². The van der Waals surface area contributed by atoms with Crippen molar-refractivity contribution >= 4 is 34.1 Å². The summed E-state index contributed by atoms with van der Waals surface area (Å²) in [5.74, 6) is -0.445. The molecule has 0 saturated carbocycles. The van der Waals surface area contributed by atoms with Gasteiger partial charge in [-0.1, -0.05) is 0 Å². The topological polar surface area (TPSA) is 86.8 Å². The number of anilines is 2. The fourth-order valence-electron chi connectivity index (χ4n) is 2.97. The number of amides is 3. The van der Waals surface area contributed by atoms with Gasteiger partial charge in [0.1, 0.15) is 5.75 Å². The van der Waals surface area contributed by atoms with Crippen molar-refractivity contribution in [2.45, 2.75) is 12.6 Å². The van der Waals surface area contributed by atoms with Gasteiger partial charge in [-0.3, -0.25) is 10.1 Å². The highest BCUT2D eigenvalue weighted by atomic mass is 32.1. The first-order valence-corrected chi connectivity index (χ1v) is 10.3. The smallest absolute Gasteiger partial charge is 0.416 e. The third-order valence-electron chi connectivity index (χ3n) is 4.70. The van der Waals surface area contributed by atoms with Crippen molar-refractivity contribution in [1.82, 2.24) is 14.8 Å². The Labute approximate surface area is 181 Å². The average molecular weight is 457 g/mol. The van der Waals surface area contributed by atoms with E-state index in [0.717, 1.165) is 31.3 Å². The van der Waals surface area contributed by atoms with Gasteiger partial charge in [0.2, 0.25) is 5.91 Å². The minimum Gasteiger partial charge on any atom is -0.495 e. The molecule has 0 atom stereocenters. The SMILES string of the molecule is COc1ccc(C(F)(F)F)cc1NC(=O)Cc1csc(NC(=O)N2CCN(C)CC2)n1. The van der Waals surface area contributed by atoms with Crippen molar-refractivity contribution in [3.63, 3.8) is 0 Å². The van der Waals surface area contributed by atoms with Crippen LogP contribution in [0.2, 0.25) is 0 Å². The summed E-state index contributed by atoms with van der Waals surface area (Å²) in [5, 5.41) is 7.10. The van der Waals surface area contributed by atoms with Crippen LogP contribution in [0.25, 0.3) is 0 Å². The number of thiazole rings is 1. The number of nitrogens with zero attached hydrogens (tertiary/aromatic N) is 3. The zero-order valence-electron chi connectivity index (χ0n) is 17.0. The van der Waals surface area contributed by atoms with E-state index in [4.69, 9.17) is 4.74 Å². The Kier molecular flexibility index (Phi) is 7.01. The van der Waals surface area contributed by atoms with Crippen LogP contribution in [0.5, 0.6) is 5.75 Å². The van der Waals surface area contributed by atoms with E-state index in [-0.39, 0.29) is 23.9 Å². The number of hydrogen-bond donors (Lipinski definition) is 2. The molecular formula is C19H22F3N5O3S. The summed E-state index contributed by atoms with van der Waals surface area (Å²) in [7, 11) is 3.29. The second kappa shape index (κ2) is 9.52. The Morgan fingerprint density at radius 2 is 1.90 bits per heavy atom. The van der Waals surface area contributed by atoms with Crippen LogP contribution in [0, 0.1) is 0 Å². The number of ether oxygens (including phenoxy) is 1. The van der Waals surface area contributed by atoms with E-state index in [1.54, 1.807) is 10.3 Å². The van der Waals surface area contributed by atoms with Crippen LogP contribution < -0.4 is 15.4 Å². The molecule has 0 bridgehead atoms. The number of carbonyl (C=O) groups is 2. The summed E-state index contributed by atoms with van der Waals surface area (Å²) < 4.78 is 43.9. The number of nitrogens with one attached hydrogen (secondary N) is 2. The van der Waals surface area contributed by atoms with Gasteiger partial charge in [0.05, 0.1) is 30.5 Å². The highest BCUT2D eigenvalue weighted by Gasteiger charge is 2.31. The molecule has 8 nitrogen and oxygen atoms in total. The molecule has 1 saturated heterocycles. The molecule has 1 aromatic heterocycles. The van der Waals surface area contributed by atoms with E-state index < -0.39 is 17.6 Å². The van der Waals surface area contributed by atoms with Gasteiger partial charge in [-0.05, 0) is 25.2 Å². The summed E-state index contributed by atoms with van der Waals surface area (Å²) in [6.45, 7) is 2.80. The van der Waals surface area contributed by atoms with Gasteiger partial charge in [0.25, 0.3) is 0 Å². The van der Waals surface area contributed by atoms with Gasteiger partial charge in [0.15, 0.2) is 5.13 Å². The number of methoxy groups -OCH3 is 1. The van der Waals surface area contributed by atoms with Gasteiger partial charge in [-0.15, -0.1) is 11.3 Å². The number of rotatable bonds is 5. The molecule has 0 radical (unpaired) electrons. The van der Waals surface area contributed by atoms with E-state index in [0.29, 0.717) is 23.9 Å². The van der Waals surface area contributed by atoms with Crippen molar-refractivity contribution < 1.29 is 27.5 Å². The molecule has 3 amide bonds. The molecule has 31 heavy (non-hydrogen) atoms. The van der Waals surface area contributed by atoms with Crippen molar-refractivity contribution in [2.75, 3.05) is 51.0 Å². The summed E-state index contributed by atoms with van der Waals surface area (Å²) in [6.07, 6.45) is -4.71. The fraction of sp³-hybridized carbons (Fsp3) is 0.421. The number of halogens is 3. The van der Waals surface area contributed by atoms with Gasteiger partial charge in [-0.2, -0.15) is 13.2 Å². The number of alkyl halides is 3. The molecule has 0 aliphatic carbocycles. The minimum atomic E-state index is -4.54. The van der Waals surface area contributed by atoms with E-state index in [1.165, 1.54) is 18.4 Å². The monoisotopic (exact) mass is 457 g/mol. The first kappa shape index (κ1) is 22.8. The number of likely N-dealkylation sites (N-methyl/N-ethyl adjacent to an activating group) is 1. The molecule has 1 aliphatic rings. The number of aromatic nitrogens is 1. The number of benzene rings is 1. The predicted octanol–water partition coefficient (Wildman–Crippen LogP) is 3.13. The van der Waals surface area contributed by atoms with E-state index in [2.05, 4.69) is 20.5 Å². The van der Waals surface area contributed by atoms with Crippen LogP contribution in [0.15, 0.2) is 23.6 Å². The predicted molar refractivity (Wildman–Crippen MR) is 111 cm³/mol. The number of piperazine rings is 1. The molecule has 168 valence electrons. The normalized spacial score (nSPS) is 14.9. The Morgan fingerprint density at radius 1 is 1.19 bits per heavy atom. The van der Waals surface area contributed by atoms with Crippen LogP contribution >= 0.6 is 11.3 Å². The molecule has 2 N–H and O–H groups in total. The van der Waals surface area contributed by atoms with Crippen molar-refractivity contribution in [1.29, 1.82) is 0 Å². The summed E-state index contributed by atoms with van der Waals surface area (Å²) in [4.78, 5) is 32.7. The van der Waals surface area contributed by atoms with Crippen LogP contribution in [-0.2, 0) is 17.4 Å². The molecule has 1 fully saturated rings. The zero-order chi connectivity index (χ0) is 22.6. The van der Waals surface area contributed by atoms with Gasteiger partial charge in [0, 0.05) is 31.6 Å². The lowest BCUT2D eigenvalue weighted by Gasteiger charge is -2.32. The average Bonchev–Trinajstić information content (AvgIpc) is 3.14. The largest absolute Gasteiger partial charge is 0.495 e. The molecule has 3 rings (SSSR count). The van der Waals surface area contributed by atoms with Gasteiger partial charge < -0.3 is 19.9 Å². The maximum atomic E-state index is 12.9. The van der Waals surface area contributed by atoms with Gasteiger partial charge in [-0.25, -0.2) is 9.78 Å². The highest BCUT2D eigenvalue weighted by Crippen LogP contribution is 2.35. The summed E-state index contributed by atoms with van der Waals surface area (Å²) in [5.41, 5.74) is -0.588. The Hall–Kier alpha value is -2.86.